The van der Waals surface area contributed by atoms with Gasteiger partial charge in [0.05, 0.1) is 36.4 Å². The lowest BCUT2D eigenvalue weighted by Crippen LogP contribution is -2.02. The summed E-state index contributed by atoms with van der Waals surface area (Å²) in [6, 6.07) is 9.63. The predicted molar refractivity (Wildman–Crippen MR) is 65.7 cm³/mol. The molecule has 1 aromatic heterocycles. The normalized spacial score (nSPS) is 9.82. The first-order chi connectivity index (χ1) is 8.33. The number of aliphatic imine (C=N–C) groups is 1. The van der Waals surface area contributed by atoms with Crippen LogP contribution in [0.1, 0.15) is 16.8 Å². The average Bonchev–Trinajstić information content (AvgIpc) is 2.78. The summed E-state index contributed by atoms with van der Waals surface area (Å²) >= 11 is 0. The van der Waals surface area contributed by atoms with E-state index >= 15 is 0 Å². The summed E-state index contributed by atoms with van der Waals surface area (Å²) in [5.41, 5.74) is 2.84. The molecule has 0 aliphatic heterocycles. The SMILES string of the molecule is C=NCc1cncn1Cc1ccc(C#N)cc1. The van der Waals surface area contributed by atoms with Crippen molar-refractivity contribution >= 4 is 6.72 Å². The topological polar surface area (TPSA) is 54.0 Å². The summed E-state index contributed by atoms with van der Waals surface area (Å²) in [6.45, 7) is 4.78. The summed E-state index contributed by atoms with van der Waals surface area (Å²) < 4.78 is 2.02. The molecule has 1 heterocycles. The number of hydrogen-bond donors (Lipinski definition) is 0. The van der Waals surface area contributed by atoms with Gasteiger partial charge in [-0.05, 0) is 24.4 Å². The van der Waals surface area contributed by atoms with E-state index in [2.05, 4.69) is 22.8 Å². The molecule has 2 aromatic rings. The fourth-order valence-electron chi connectivity index (χ4n) is 1.62. The summed E-state index contributed by atoms with van der Waals surface area (Å²) in [5.74, 6) is 0. The first-order valence-corrected chi connectivity index (χ1v) is 5.24. The number of aromatic nitrogens is 2. The Morgan fingerprint density at radius 3 is 2.76 bits per heavy atom. The first-order valence-electron chi connectivity index (χ1n) is 5.24. The van der Waals surface area contributed by atoms with Gasteiger partial charge in [-0.1, -0.05) is 12.1 Å². The van der Waals surface area contributed by atoms with Crippen molar-refractivity contribution in [2.75, 3.05) is 0 Å². The second kappa shape index (κ2) is 5.08. The second-order valence-electron chi connectivity index (χ2n) is 3.70. The Balaban J connectivity index is 2.16. The molecule has 0 saturated heterocycles. The van der Waals surface area contributed by atoms with Crippen molar-refractivity contribution in [2.24, 2.45) is 4.99 Å². The number of imidazole rings is 1. The third-order valence-corrected chi connectivity index (χ3v) is 2.51. The molecule has 84 valence electrons. The summed E-state index contributed by atoms with van der Waals surface area (Å²) in [4.78, 5) is 7.95. The molecule has 4 heteroatoms. The Hall–Kier alpha value is -2.41. The Labute approximate surface area is 99.9 Å². The van der Waals surface area contributed by atoms with Crippen LogP contribution in [0.4, 0.5) is 0 Å². The van der Waals surface area contributed by atoms with Gasteiger partial charge in [0.25, 0.3) is 0 Å². The third-order valence-electron chi connectivity index (χ3n) is 2.51. The predicted octanol–water partition coefficient (Wildman–Crippen LogP) is 2.00. The first kappa shape index (κ1) is 11.1. The van der Waals surface area contributed by atoms with E-state index in [9.17, 15) is 0 Å². The zero-order valence-corrected chi connectivity index (χ0v) is 9.37. The van der Waals surface area contributed by atoms with Gasteiger partial charge in [0, 0.05) is 6.54 Å². The lowest BCUT2D eigenvalue weighted by atomic mass is 10.1. The maximum atomic E-state index is 8.71. The van der Waals surface area contributed by atoms with Gasteiger partial charge in [0.15, 0.2) is 0 Å². The molecule has 4 nitrogen and oxygen atoms in total. The molecule has 0 fully saturated rings. The van der Waals surface area contributed by atoms with Crippen LogP contribution in [-0.2, 0) is 13.1 Å². The van der Waals surface area contributed by atoms with Crippen LogP contribution in [0.15, 0.2) is 41.8 Å². The van der Waals surface area contributed by atoms with E-state index < -0.39 is 0 Å². The van der Waals surface area contributed by atoms with Gasteiger partial charge in [0.1, 0.15) is 0 Å². The van der Waals surface area contributed by atoms with Crippen LogP contribution in [0.2, 0.25) is 0 Å². The lowest BCUT2D eigenvalue weighted by molar-refractivity contribution is 0.741. The van der Waals surface area contributed by atoms with Crippen molar-refractivity contribution in [3.63, 3.8) is 0 Å². The number of nitrogens with zero attached hydrogens (tertiary/aromatic N) is 4. The van der Waals surface area contributed by atoms with E-state index in [-0.39, 0.29) is 0 Å². The van der Waals surface area contributed by atoms with Crippen molar-refractivity contribution in [1.82, 2.24) is 9.55 Å². The van der Waals surface area contributed by atoms with Crippen molar-refractivity contribution in [3.8, 4) is 6.07 Å². The highest BCUT2D eigenvalue weighted by Gasteiger charge is 2.01. The molecule has 0 unspecified atom stereocenters. The lowest BCUT2D eigenvalue weighted by Gasteiger charge is -2.06. The van der Waals surface area contributed by atoms with E-state index in [0.717, 1.165) is 17.8 Å². The molecular weight excluding hydrogens is 212 g/mol. The van der Waals surface area contributed by atoms with Crippen molar-refractivity contribution in [1.29, 1.82) is 5.26 Å². The number of hydrogen-bond acceptors (Lipinski definition) is 3. The van der Waals surface area contributed by atoms with Gasteiger partial charge in [0.2, 0.25) is 0 Å². The molecule has 0 bridgehead atoms. The minimum atomic E-state index is 0.566. The van der Waals surface area contributed by atoms with Gasteiger partial charge in [-0.2, -0.15) is 5.26 Å². The van der Waals surface area contributed by atoms with Crippen LogP contribution >= 0.6 is 0 Å². The molecule has 0 atom stereocenters. The number of nitriles is 1. The smallest absolute Gasteiger partial charge is 0.0991 e. The molecule has 0 saturated carbocycles. The van der Waals surface area contributed by atoms with Crippen LogP contribution in [-0.4, -0.2) is 16.3 Å². The average molecular weight is 224 g/mol. The quantitative estimate of drug-likeness (QED) is 0.746. The maximum Gasteiger partial charge on any atom is 0.0991 e. The molecule has 0 spiro atoms. The molecule has 0 aliphatic rings. The van der Waals surface area contributed by atoms with Crippen molar-refractivity contribution in [2.45, 2.75) is 13.1 Å². The monoisotopic (exact) mass is 224 g/mol. The van der Waals surface area contributed by atoms with Gasteiger partial charge in [-0.3, -0.25) is 4.99 Å². The standard InChI is InChI=1S/C13H12N4/c1-15-7-13-8-16-10-17(13)9-12-4-2-11(6-14)3-5-12/h2-5,8,10H,1,7,9H2. The van der Waals surface area contributed by atoms with Crippen molar-refractivity contribution in [3.05, 3.63) is 53.6 Å². The Bertz CT molecular complexity index is 546. The van der Waals surface area contributed by atoms with E-state index in [1.807, 2.05) is 28.8 Å². The van der Waals surface area contributed by atoms with E-state index in [1.54, 1.807) is 12.5 Å². The second-order valence-corrected chi connectivity index (χ2v) is 3.70. The Kier molecular flexibility index (Phi) is 3.31. The van der Waals surface area contributed by atoms with Crippen LogP contribution in [0.5, 0.6) is 0 Å². The van der Waals surface area contributed by atoms with Crippen LogP contribution in [0, 0.1) is 11.3 Å². The van der Waals surface area contributed by atoms with E-state index in [0.29, 0.717) is 12.1 Å². The fourth-order valence-corrected chi connectivity index (χ4v) is 1.62. The number of rotatable bonds is 4. The highest BCUT2D eigenvalue weighted by atomic mass is 15.1. The molecule has 2 rings (SSSR count). The van der Waals surface area contributed by atoms with Gasteiger partial charge >= 0.3 is 0 Å². The van der Waals surface area contributed by atoms with Crippen LogP contribution in [0.25, 0.3) is 0 Å². The molecule has 1 aromatic carbocycles. The summed E-state index contributed by atoms with van der Waals surface area (Å²) in [7, 11) is 0. The molecule has 0 aliphatic carbocycles. The van der Waals surface area contributed by atoms with Gasteiger partial charge in [-0.25, -0.2) is 4.98 Å². The highest BCUT2D eigenvalue weighted by Crippen LogP contribution is 2.08. The van der Waals surface area contributed by atoms with Gasteiger partial charge in [-0.15, -0.1) is 0 Å². The third kappa shape index (κ3) is 2.58. The van der Waals surface area contributed by atoms with E-state index in [4.69, 9.17) is 5.26 Å². The molecular formula is C13H12N4. The van der Waals surface area contributed by atoms with E-state index in [1.165, 1.54) is 0 Å². The zero-order valence-electron chi connectivity index (χ0n) is 9.37. The largest absolute Gasteiger partial charge is 0.328 e. The summed E-state index contributed by atoms with van der Waals surface area (Å²) in [5, 5.41) is 8.71. The van der Waals surface area contributed by atoms with Crippen LogP contribution in [0.3, 0.4) is 0 Å². The molecule has 0 N–H and O–H groups in total. The highest BCUT2D eigenvalue weighted by molar-refractivity contribution is 5.31. The van der Waals surface area contributed by atoms with Crippen molar-refractivity contribution < 1.29 is 0 Å². The minimum absolute atomic E-state index is 0.566. The summed E-state index contributed by atoms with van der Waals surface area (Å²) in [6.07, 6.45) is 3.57. The Morgan fingerprint density at radius 2 is 2.12 bits per heavy atom. The molecule has 17 heavy (non-hydrogen) atoms. The zero-order chi connectivity index (χ0) is 12.1. The Morgan fingerprint density at radius 1 is 1.35 bits per heavy atom. The van der Waals surface area contributed by atoms with Crippen LogP contribution < -0.4 is 0 Å². The maximum absolute atomic E-state index is 8.71. The number of benzene rings is 1. The fraction of sp³-hybridized carbons (Fsp3) is 0.154. The minimum Gasteiger partial charge on any atom is -0.328 e. The molecule has 0 radical (unpaired) electrons. The van der Waals surface area contributed by atoms with Gasteiger partial charge < -0.3 is 4.57 Å². The molecule has 0 amide bonds.